The second-order valence-corrected chi connectivity index (χ2v) is 6.84. The van der Waals surface area contributed by atoms with E-state index in [1.54, 1.807) is 6.92 Å². The first-order chi connectivity index (χ1) is 15.9. The summed E-state index contributed by atoms with van der Waals surface area (Å²) in [5.41, 5.74) is -0.478. The second kappa shape index (κ2) is 8.99. The van der Waals surface area contributed by atoms with Crippen LogP contribution in [0.1, 0.15) is 17.3 Å². The van der Waals surface area contributed by atoms with Crippen molar-refractivity contribution in [3.63, 3.8) is 0 Å². The van der Waals surface area contributed by atoms with Crippen LogP contribution in [-0.2, 0) is 4.74 Å². The highest BCUT2D eigenvalue weighted by molar-refractivity contribution is 5.93. The average molecular weight is 450 g/mol. The number of rotatable bonds is 4. The van der Waals surface area contributed by atoms with Crippen molar-refractivity contribution in [2.24, 2.45) is 0 Å². The summed E-state index contributed by atoms with van der Waals surface area (Å²) in [6.45, 7) is 1.62. The largest absolute Gasteiger partial charge is 0.449 e. The molecule has 2 aromatic heterocycles. The van der Waals surface area contributed by atoms with Crippen LogP contribution in [-0.4, -0.2) is 28.2 Å². The Labute approximate surface area is 185 Å². The maximum atomic E-state index is 14.8. The molecule has 33 heavy (non-hydrogen) atoms. The van der Waals surface area contributed by atoms with Crippen LogP contribution in [0.2, 0.25) is 0 Å². The van der Waals surface area contributed by atoms with Crippen molar-refractivity contribution < 1.29 is 27.8 Å². The van der Waals surface area contributed by atoms with E-state index < -0.39 is 29.1 Å². The summed E-state index contributed by atoms with van der Waals surface area (Å²) in [5, 5.41) is -0.295. The zero-order valence-corrected chi connectivity index (χ0v) is 17.2. The first-order valence-electron chi connectivity index (χ1n) is 9.84. The van der Waals surface area contributed by atoms with Crippen LogP contribution in [0, 0.1) is 11.6 Å². The topological polar surface area (TPSA) is 87.5 Å². The molecular weight excluding hydrogens is 434 g/mol. The van der Waals surface area contributed by atoms with E-state index in [-0.39, 0.29) is 40.1 Å². The molecule has 0 aliphatic heterocycles. The van der Waals surface area contributed by atoms with Crippen molar-refractivity contribution in [1.82, 2.24) is 9.55 Å². The van der Waals surface area contributed by atoms with Crippen molar-refractivity contribution in [1.29, 1.82) is 0 Å². The number of carbonyl (C=O) groups excluding carboxylic acids is 2. The van der Waals surface area contributed by atoms with Gasteiger partial charge >= 0.3 is 12.1 Å². The summed E-state index contributed by atoms with van der Waals surface area (Å²) < 4.78 is 40.3. The highest BCUT2D eigenvalue weighted by Gasteiger charge is 2.21. The van der Waals surface area contributed by atoms with Gasteiger partial charge in [-0.1, -0.05) is 6.07 Å². The number of ether oxygens (including phenoxy) is 2. The van der Waals surface area contributed by atoms with Crippen LogP contribution in [0.25, 0.3) is 22.2 Å². The zero-order valence-electron chi connectivity index (χ0n) is 17.2. The summed E-state index contributed by atoms with van der Waals surface area (Å²) >= 11 is 0. The molecule has 4 aromatic rings. The van der Waals surface area contributed by atoms with Crippen molar-refractivity contribution in [2.75, 3.05) is 6.61 Å². The Morgan fingerprint density at radius 3 is 2.55 bits per heavy atom. The maximum absolute atomic E-state index is 14.8. The van der Waals surface area contributed by atoms with E-state index in [0.29, 0.717) is 0 Å². The Kier molecular flexibility index (Phi) is 5.95. The molecule has 0 atom stereocenters. The van der Waals surface area contributed by atoms with Crippen molar-refractivity contribution in [3.05, 3.63) is 94.4 Å². The minimum atomic E-state index is -0.910. The lowest BCUT2D eigenvalue weighted by Gasteiger charge is -2.16. The quantitative estimate of drug-likeness (QED) is 0.335. The van der Waals surface area contributed by atoms with E-state index in [2.05, 4.69) is 4.98 Å². The summed E-state index contributed by atoms with van der Waals surface area (Å²) in [6, 6.07) is 11.4. The van der Waals surface area contributed by atoms with E-state index in [0.717, 1.165) is 22.8 Å². The number of aromatic nitrogens is 2. The number of benzene rings is 2. The number of hydrogen-bond donors (Lipinski definition) is 0. The van der Waals surface area contributed by atoms with E-state index in [1.165, 1.54) is 48.8 Å². The number of fused-ring (bicyclic) bond motifs is 1. The molecule has 0 N–H and O–H groups in total. The SMILES string of the molecule is CCOC(=O)n1c(-c2ccc(OC(=O)c3cccnc3)c(F)c2)cc(=O)c2c(F)cccc21. The zero-order chi connectivity index (χ0) is 23.5. The van der Waals surface area contributed by atoms with Gasteiger partial charge in [-0.25, -0.2) is 22.9 Å². The standard InChI is InChI=1S/C24H16F2N2O5/c1-2-32-24(31)28-18-7-3-6-16(25)22(18)20(29)12-19(28)14-8-9-21(17(26)11-14)33-23(30)15-5-4-10-27-13-15/h3-13H,2H2,1H3. The first kappa shape index (κ1) is 21.8. The van der Waals surface area contributed by atoms with Gasteiger partial charge < -0.3 is 9.47 Å². The van der Waals surface area contributed by atoms with Crippen molar-refractivity contribution in [3.8, 4) is 17.0 Å². The fourth-order valence-corrected chi connectivity index (χ4v) is 3.32. The molecule has 0 radical (unpaired) electrons. The molecule has 0 saturated carbocycles. The van der Waals surface area contributed by atoms with Crippen LogP contribution in [0.4, 0.5) is 13.6 Å². The highest BCUT2D eigenvalue weighted by atomic mass is 19.1. The average Bonchev–Trinajstić information content (AvgIpc) is 2.80. The van der Waals surface area contributed by atoms with Crippen LogP contribution < -0.4 is 10.2 Å². The van der Waals surface area contributed by atoms with Gasteiger partial charge in [-0.3, -0.25) is 9.78 Å². The van der Waals surface area contributed by atoms with E-state index in [9.17, 15) is 23.2 Å². The normalized spacial score (nSPS) is 10.8. The number of carbonyl (C=O) groups is 2. The molecule has 4 rings (SSSR count). The number of pyridine rings is 2. The summed E-state index contributed by atoms with van der Waals surface area (Å²) in [5.74, 6) is -2.87. The number of nitrogens with zero attached hydrogens (tertiary/aromatic N) is 2. The Balaban J connectivity index is 1.81. The van der Waals surface area contributed by atoms with Crippen LogP contribution in [0.5, 0.6) is 5.75 Å². The molecule has 0 aliphatic rings. The van der Waals surface area contributed by atoms with E-state index >= 15 is 0 Å². The fourth-order valence-electron chi connectivity index (χ4n) is 3.32. The Morgan fingerprint density at radius 2 is 1.85 bits per heavy atom. The van der Waals surface area contributed by atoms with Gasteiger partial charge in [0.05, 0.1) is 28.8 Å². The van der Waals surface area contributed by atoms with Gasteiger partial charge in [-0.15, -0.1) is 0 Å². The Morgan fingerprint density at radius 1 is 1.03 bits per heavy atom. The molecule has 9 heteroatoms. The van der Waals surface area contributed by atoms with Gasteiger partial charge in [-0.05, 0) is 49.4 Å². The molecule has 2 heterocycles. The lowest BCUT2D eigenvalue weighted by molar-refractivity contribution is 0.0727. The summed E-state index contributed by atoms with van der Waals surface area (Å²) in [4.78, 5) is 41.3. The van der Waals surface area contributed by atoms with E-state index in [4.69, 9.17) is 9.47 Å². The van der Waals surface area contributed by atoms with Gasteiger partial charge in [0, 0.05) is 24.0 Å². The molecule has 0 unspecified atom stereocenters. The molecule has 0 saturated heterocycles. The molecular formula is C24H16F2N2O5. The number of hydrogen-bond acceptors (Lipinski definition) is 6. The first-order valence-corrected chi connectivity index (χ1v) is 9.84. The van der Waals surface area contributed by atoms with Gasteiger partial charge in [0.2, 0.25) is 0 Å². The minimum absolute atomic E-state index is 0.0133. The monoisotopic (exact) mass is 450 g/mol. The minimum Gasteiger partial charge on any atom is -0.449 e. The van der Waals surface area contributed by atoms with Crippen LogP contribution >= 0.6 is 0 Å². The molecule has 0 spiro atoms. The molecule has 2 aromatic carbocycles. The third-order valence-electron chi connectivity index (χ3n) is 4.77. The second-order valence-electron chi connectivity index (χ2n) is 6.84. The van der Waals surface area contributed by atoms with Gasteiger partial charge in [0.1, 0.15) is 5.82 Å². The smallest absolute Gasteiger partial charge is 0.418 e. The predicted octanol–water partition coefficient (Wildman–Crippen LogP) is 4.57. The summed E-state index contributed by atoms with van der Waals surface area (Å²) in [6.07, 6.45) is 1.89. The lowest BCUT2D eigenvalue weighted by atomic mass is 10.1. The molecule has 7 nitrogen and oxygen atoms in total. The van der Waals surface area contributed by atoms with Gasteiger partial charge in [0.15, 0.2) is 17.0 Å². The Bertz CT molecular complexity index is 1430. The van der Waals surface area contributed by atoms with Gasteiger partial charge in [0.25, 0.3) is 0 Å². The third kappa shape index (κ3) is 4.20. The molecule has 0 aliphatic carbocycles. The van der Waals surface area contributed by atoms with Crippen LogP contribution in [0.3, 0.4) is 0 Å². The summed E-state index contributed by atoms with van der Waals surface area (Å²) in [7, 11) is 0. The molecule has 0 amide bonds. The molecule has 0 fully saturated rings. The number of halogens is 2. The maximum Gasteiger partial charge on any atom is 0.418 e. The predicted molar refractivity (Wildman–Crippen MR) is 115 cm³/mol. The molecule has 0 bridgehead atoms. The van der Waals surface area contributed by atoms with Crippen molar-refractivity contribution in [2.45, 2.75) is 6.92 Å². The fraction of sp³-hybridized carbons (Fsp3) is 0.0833. The Hall–Kier alpha value is -4.40. The van der Waals surface area contributed by atoms with E-state index in [1.807, 2.05) is 0 Å². The third-order valence-corrected chi connectivity index (χ3v) is 4.77. The molecule has 166 valence electrons. The lowest BCUT2D eigenvalue weighted by Crippen LogP contribution is -2.21. The number of esters is 1. The van der Waals surface area contributed by atoms with Crippen molar-refractivity contribution >= 4 is 23.0 Å². The van der Waals surface area contributed by atoms with Gasteiger partial charge in [-0.2, -0.15) is 0 Å². The van der Waals surface area contributed by atoms with Crippen LogP contribution in [0.15, 0.2) is 71.8 Å². The highest BCUT2D eigenvalue weighted by Crippen LogP contribution is 2.28.